The number of benzene rings is 1. The number of nitrogens with zero attached hydrogens (tertiary/aromatic N) is 1. The van der Waals surface area contributed by atoms with E-state index in [9.17, 15) is 14.7 Å². The van der Waals surface area contributed by atoms with Gasteiger partial charge in [-0.05, 0) is 49.3 Å². The number of hydrogen-bond acceptors (Lipinski definition) is 3. The Hall–Kier alpha value is -2.04. The molecular formula is C19H25NO4. The minimum atomic E-state index is -0.876. The van der Waals surface area contributed by atoms with Gasteiger partial charge in [0, 0.05) is 6.04 Å². The van der Waals surface area contributed by atoms with Crippen molar-refractivity contribution in [2.45, 2.75) is 57.5 Å². The van der Waals surface area contributed by atoms with Crippen LogP contribution in [0.3, 0.4) is 0 Å². The van der Waals surface area contributed by atoms with E-state index in [1.165, 1.54) is 0 Å². The molecule has 0 bridgehead atoms. The second-order valence-electron chi connectivity index (χ2n) is 6.98. The molecule has 3 atom stereocenters. The number of ether oxygens (including phenoxy) is 1. The van der Waals surface area contributed by atoms with Gasteiger partial charge in [-0.3, -0.25) is 4.79 Å². The van der Waals surface area contributed by atoms with Crippen LogP contribution in [0, 0.1) is 12.8 Å². The van der Waals surface area contributed by atoms with E-state index in [0.29, 0.717) is 12.3 Å². The molecule has 0 spiro atoms. The summed E-state index contributed by atoms with van der Waals surface area (Å²) in [5.74, 6) is 0.144. The van der Waals surface area contributed by atoms with Gasteiger partial charge >= 0.3 is 5.97 Å². The third-order valence-electron chi connectivity index (χ3n) is 5.49. The van der Waals surface area contributed by atoms with Gasteiger partial charge in [0.25, 0.3) is 0 Å². The zero-order chi connectivity index (χ0) is 17.3. The second kappa shape index (κ2) is 6.83. The first-order chi connectivity index (χ1) is 11.5. The lowest BCUT2D eigenvalue weighted by atomic mass is 9.84. The maximum Gasteiger partial charge on any atom is 0.326 e. The highest BCUT2D eigenvalue weighted by Crippen LogP contribution is 2.40. The van der Waals surface area contributed by atoms with Crippen molar-refractivity contribution >= 4 is 11.9 Å². The summed E-state index contributed by atoms with van der Waals surface area (Å²) < 4.78 is 5.32. The van der Waals surface area contributed by atoms with Crippen molar-refractivity contribution in [2.75, 3.05) is 7.11 Å². The lowest BCUT2D eigenvalue weighted by Crippen LogP contribution is -2.46. The van der Waals surface area contributed by atoms with E-state index in [0.717, 1.165) is 42.6 Å². The summed E-state index contributed by atoms with van der Waals surface area (Å²) >= 11 is 0. The van der Waals surface area contributed by atoms with Gasteiger partial charge in [-0.2, -0.15) is 0 Å². The van der Waals surface area contributed by atoms with Crippen molar-refractivity contribution in [3.63, 3.8) is 0 Å². The van der Waals surface area contributed by atoms with Gasteiger partial charge in [0.2, 0.25) is 5.91 Å². The van der Waals surface area contributed by atoms with Crippen molar-refractivity contribution in [3.05, 3.63) is 29.3 Å². The monoisotopic (exact) mass is 331 g/mol. The third kappa shape index (κ3) is 3.12. The van der Waals surface area contributed by atoms with Crippen LogP contribution in [0.15, 0.2) is 18.2 Å². The van der Waals surface area contributed by atoms with E-state index < -0.39 is 12.0 Å². The molecule has 0 radical (unpaired) electrons. The number of aliphatic carboxylic acids is 1. The average Bonchev–Trinajstić information content (AvgIpc) is 2.96. The molecule has 1 aliphatic heterocycles. The van der Waals surface area contributed by atoms with Crippen LogP contribution in [0.4, 0.5) is 0 Å². The van der Waals surface area contributed by atoms with Crippen molar-refractivity contribution < 1.29 is 19.4 Å². The Labute approximate surface area is 142 Å². The molecule has 3 unspecified atom stereocenters. The van der Waals surface area contributed by atoms with Gasteiger partial charge in [-0.15, -0.1) is 0 Å². The molecule has 1 aromatic rings. The molecule has 1 N–H and O–H groups in total. The molecule has 24 heavy (non-hydrogen) atoms. The van der Waals surface area contributed by atoms with Crippen LogP contribution >= 0.6 is 0 Å². The molecule has 2 fully saturated rings. The van der Waals surface area contributed by atoms with Crippen LogP contribution in [0.1, 0.15) is 43.2 Å². The molecule has 1 saturated heterocycles. The average molecular weight is 331 g/mol. The van der Waals surface area contributed by atoms with Crippen molar-refractivity contribution in [1.82, 2.24) is 4.90 Å². The minimum Gasteiger partial charge on any atom is -0.496 e. The predicted octanol–water partition coefficient (Wildman–Crippen LogP) is 2.79. The van der Waals surface area contributed by atoms with Gasteiger partial charge in [0.1, 0.15) is 11.8 Å². The number of carboxylic acids is 1. The highest BCUT2D eigenvalue weighted by atomic mass is 16.5. The maximum atomic E-state index is 12.9. The first-order valence-electron chi connectivity index (χ1n) is 8.68. The van der Waals surface area contributed by atoms with Gasteiger partial charge in [-0.1, -0.05) is 25.0 Å². The predicted molar refractivity (Wildman–Crippen MR) is 90.1 cm³/mol. The number of fused-ring (bicyclic) bond motifs is 1. The number of rotatable bonds is 4. The summed E-state index contributed by atoms with van der Waals surface area (Å²) in [7, 11) is 1.61. The quantitative estimate of drug-likeness (QED) is 0.921. The van der Waals surface area contributed by atoms with Gasteiger partial charge in [0.05, 0.1) is 13.5 Å². The second-order valence-corrected chi connectivity index (χ2v) is 6.98. The van der Waals surface area contributed by atoms with Gasteiger partial charge in [-0.25, -0.2) is 4.79 Å². The zero-order valence-corrected chi connectivity index (χ0v) is 14.3. The summed E-state index contributed by atoms with van der Waals surface area (Å²) in [5.41, 5.74) is 1.89. The third-order valence-corrected chi connectivity index (χ3v) is 5.49. The number of amides is 1. The number of aryl methyl sites for hydroxylation is 1. The molecule has 5 nitrogen and oxygen atoms in total. The fourth-order valence-corrected chi connectivity index (χ4v) is 4.28. The fourth-order valence-electron chi connectivity index (χ4n) is 4.28. The van der Waals surface area contributed by atoms with Crippen LogP contribution in [0.25, 0.3) is 0 Å². The molecule has 1 heterocycles. The Kier molecular flexibility index (Phi) is 4.78. The van der Waals surface area contributed by atoms with Crippen molar-refractivity contribution in [3.8, 4) is 5.75 Å². The van der Waals surface area contributed by atoms with E-state index in [1.807, 2.05) is 25.1 Å². The summed E-state index contributed by atoms with van der Waals surface area (Å²) in [6, 6.07) is 5.15. The number of likely N-dealkylation sites (tertiary alicyclic amines) is 1. The van der Waals surface area contributed by atoms with Gasteiger partial charge < -0.3 is 14.7 Å². The Morgan fingerprint density at radius 3 is 2.75 bits per heavy atom. The number of hydrogen-bond donors (Lipinski definition) is 1. The number of carbonyl (C=O) groups excluding carboxylic acids is 1. The van der Waals surface area contributed by atoms with E-state index in [2.05, 4.69) is 0 Å². The normalized spacial score (nSPS) is 26.1. The molecule has 130 valence electrons. The van der Waals surface area contributed by atoms with Crippen molar-refractivity contribution in [2.24, 2.45) is 5.92 Å². The standard InChI is InChI=1S/C19H25NO4/c1-12-7-8-13(9-17(12)24-2)10-18(21)20-15-6-4-3-5-14(15)11-16(20)19(22)23/h7-9,14-16H,3-6,10-11H2,1-2H3,(H,22,23). The molecule has 5 heteroatoms. The summed E-state index contributed by atoms with van der Waals surface area (Å²) in [6.07, 6.45) is 5.01. The molecule has 1 saturated carbocycles. The molecule has 2 aliphatic rings. The largest absolute Gasteiger partial charge is 0.496 e. The Bertz CT molecular complexity index is 642. The highest BCUT2D eigenvalue weighted by Gasteiger charge is 2.47. The van der Waals surface area contributed by atoms with Crippen LogP contribution in [0.2, 0.25) is 0 Å². The van der Waals surface area contributed by atoms with Gasteiger partial charge in [0.15, 0.2) is 0 Å². The fraction of sp³-hybridized carbons (Fsp3) is 0.579. The number of carbonyl (C=O) groups is 2. The molecule has 3 rings (SSSR count). The van der Waals surface area contributed by atoms with Crippen LogP contribution < -0.4 is 4.74 Å². The number of methoxy groups -OCH3 is 1. The van der Waals surface area contributed by atoms with E-state index >= 15 is 0 Å². The van der Waals surface area contributed by atoms with E-state index in [1.54, 1.807) is 12.0 Å². The van der Waals surface area contributed by atoms with Crippen LogP contribution in [0.5, 0.6) is 5.75 Å². The molecule has 1 amide bonds. The number of carboxylic acid groups (broad SMARTS) is 1. The minimum absolute atomic E-state index is 0.0808. The SMILES string of the molecule is COc1cc(CC(=O)N2C(C(=O)O)CC3CCCCC32)ccc1C. The Balaban J connectivity index is 1.80. The molecule has 1 aliphatic carbocycles. The van der Waals surface area contributed by atoms with Crippen LogP contribution in [-0.4, -0.2) is 41.1 Å². The Morgan fingerprint density at radius 2 is 2.04 bits per heavy atom. The summed E-state index contributed by atoms with van der Waals surface area (Å²) in [4.78, 5) is 26.2. The summed E-state index contributed by atoms with van der Waals surface area (Å²) in [6.45, 7) is 1.96. The zero-order valence-electron chi connectivity index (χ0n) is 14.3. The first kappa shape index (κ1) is 16.8. The van der Waals surface area contributed by atoms with Crippen LogP contribution in [-0.2, 0) is 16.0 Å². The molecular weight excluding hydrogens is 306 g/mol. The van der Waals surface area contributed by atoms with E-state index in [4.69, 9.17) is 4.74 Å². The smallest absolute Gasteiger partial charge is 0.326 e. The first-order valence-corrected chi connectivity index (χ1v) is 8.68. The topological polar surface area (TPSA) is 66.8 Å². The lowest BCUT2D eigenvalue weighted by Gasteiger charge is -2.33. The summed E-state index contributed by atoms with van der Waals surface area (Å²) in [5, 5.41) is 9.55. The maximum absolute atomic E-state index is 12.9. The molecule has 0 aromatic heterocycles. The Morgan fingerprint density at radius 1 is 1.29 bits per heavy atom. The van der Waals surface area contributed by atoms with E-state index in [-0.39, 0.29) is 18.4 Å². The molecule has 1 aromatic carbocycles. The van der Waals surface area contributed by atoms with Crippen molar-refractivity contribution in [1.29, 1.82) is 0 Å². The highest BCUT2D eigenvalue weighted by molar-refractivity contribution is 5.86. The lowest BCUT2D eigenvalue weighted by molar-refractivity contribution is -0.149.